The number of nitrogens with two attached hydrogens (primary N) is 1. The third-order valence-electron chi connectivity index (χ3n) is 5.94. The number of fused-ring (bicyclic) bond motifs is 1. The number of benzene rings is 2. The van der Waals surface area contributed by atoms with Crippen molar-refractivity contribution in [2.75, 3.05) is 44.3 Å². The van der Waals surface area contributed by atoms with Crippen LogP contribution >= 0.6 is 11.6 Å². The minimum Gasteiger partial charge on any atom is -0.398 e. The molecule has 0 aliphatic carbocycles. The molecular formula is C22H26ClFN6. The number of anilines is 3. The van der Waals surface area contributed by atoms with Crippen molar-refractivity contribution in [3.05, 3.63) is 53.1 Å². The molecule has 158 valence electrons. The lowest BCUT2D eigenvalue weighted by Gasteiger charge is -2.44. The van der Waals surface area contributed by atoms with Gasteiger partial charge in [0.15, 0.2) is 0 Å². The number of aromatic nitrogens is 2. The second-order valence-electron chi connectivity index (χ2n) is 8.28. The third kappa shape index (κ3) is 3.93. The number of likely N-dealkylation sites (N-methyl/N-ethyl adjacent to an activating group) is 1. The van der Waals surface area contributed by atoms with Crippen molar-refractivity contribution in [3.63, 3.8) is 0 Å². The first kappa shape index (κ1) is 20.8. The van der Waals surface area contributed by atoms with Crippen LogP contribution in [0.15, 0.2) is 36.7 Å². The predicted molar refractivity (Wildman–Crippen MR) is 121 cm³/mol. The van der Waals surface area contributed by atoms with E-state index in [4.69, 9.17) is 17.3 Å². The molecule has 1 aliphatic rings. The summed E-state index contributed by atoms with van der Waals surface area (Å²) in [6.45, 7) is 8.46. The summed E-state index contributed by atoms with van der Waals surface area (Å²) in [6.07, 6.45) is 1.51. The van der Waals surface area contributed by atoms with Crippen LogP contribution in [-0.2, 0) is 5.54 Å². The summed E-state index contributed by atoms with van der Waals surface area (Å²) in [5.41, 5.74) is 9.49. The van der Waals surface area contributed by atoms with Gasteiger partial charge in [0, 0.05) is 48.5 Å². The highest BCUT2D eigenvalue weighted by atomic mass is 35.5. The number of hydrogen-bond donors (Lipinski definition) is 2. The van der Waals surface area contributed by atoms with Crippen molar-refractivity contribution in [1.29, 1.82) is 0 Å². The molecule has 0 unspecified atom stereocenters. The van der Waals surface area contributed by atoms with E-state index < -0.39 is 5.82 Å². The molecule has 8 heteroatoms. The zero-order chi connectivity index (χ0) is 21.5. The number of nitrogen functional groups attached to an aromatic ring is 1. The standard InChI is InChI=1S/C22H26ClFN6/c1-22(2,30-8-6-29(3)7-9-30)16-12-20-15(11-19(16)25)21(27-13-26-20)28-14-4-5-18(24)17(23)10-14/h4-5,10-13H,6-9,25H2,1-3H3,(H,26,27,28). The van der Waals surface area contributed by atoms with E-state index in [0.29, 0.717) is 17.2 Å². The number of nitrogens with zero attached hydrogens (tertiary/aromatic N) is 4. The van der Waals surface area contributed by atoms with Crippen molar-refractivity contribution >= 4 is 39.7 Å². The van der Waals surface area contributed by atoms with Gasteiger partial charge < -0.3 is 16.0 Å². The highest BCUT2D eigenvalue weighted by molar-refractivity contribution is 6.31. The molecule has 0 saturated carbocycles. The summed E-state index contributed by atoms with van der Waals surface area (Å²) < 4.78 is 13.5. The van der Waals surface area contributed by atoms with Crippen LogP contribution in [0, 0.1) is 5.82 Å². The Morgan fingerprint density at radius 1 is 1.10 bits per heavy atom. The van der Waals surface area contributed by atoms with Crippen LogP contribution in [-0.4, -0.2) is 53.0 Å². The number of piperazine rings is 1. The summed E-state index contributed by atoms with van der Waals surface area (Å²) >= 11 is 5.90. The molecule has 2 heterocycles. The maximum absolute atomic E-state index is 13.5. The van der Waals surface area contributed by atoms with Gasteiger partial charge in [-0.25, -0.2) is 14.4 Å². The molecule has 1 aliphatic heterocycles. The molecule has 0 atom stereocenters. The van der Waals surface area contributed by atoms with Crippen LogP contribution in [0.3, 0.4) is 0 Å². The van der Waals surface area contributed by atoms with Gasteiger partial charge >= 0.3 is 0 Å². The van der Waals surface area contributed by atoms with Crippen molar-refractivity contribution in [3.8, 4) is 0 Å². The molecule has 6 nitrogen and oxygen atoms in total. The van der Waals surface area contributed by atoms with E-state index in [0.717, 1.165) is 42.6 Å². The molecule has 3 N–H and O–H groups in total. The van der Waals surface area contributed by atoms with E-state index in [1.54, 1.807) is 6.07 Å². The molecular weight excluding hydrogens is 403 g/mol. The Morgan fingerprint density at radius 2 is 1.83 bits per heavy atom. The molecule has 1 saturated heterocycles. The number of hydrogen-bond acceptors (Lipinski definition) is 6. The van der Waals surface area contributed by atoms with Gasteiger partial charge in [-0.15, -0.1) is 0 Å². The van der Waals surface area contributed by atoms with Crippen LogP contribution in [0.4, 0.5) is 21.6 Å². The van der Waals surface area contributed by atoms with Gasteiger partial charge in [-0.3, -0.25) is 4.90 Å². The Kier molecular flexibility index (Phi) is 5.53. The molecule has 0 amide bonds. The summed E-state index contributed by atoms with van der Waals surface area (Å²) in [7, 11) is 2.15. The zero-order valence-corrected chi connectivity index (χ0v) is 18.2. The van der Waals surface area contributed by atoms with Gasteiger partial charge in [0.1, 0.15) is 18.0 Å². The second kappa shape index (κ2) is 7.98. The van der Waals surface area contributed by atoms with Crippen molar-refractivity contribution in [2.45, 2.75) is 19.4 Å². The van der Waals surface area contributed by atoms with Crippen LogP contribution in [0.1, 0.15) is 19.4 Å². The number of nitrogens with one attached hydrogen (secondary N) is 1. The smallest absolute Gasteiger partial charge is 0.141 e. The van der Waals surface area contributed by atoms with Gasteiger partial charge in [-0.1, -0.05) is 11.6 Å². The lowest BCUT2D eigenvalue weighted by atomic mass is 9.89. The molecule has 3 aromatic rings. The molecule has 1 aromatic heterocycles. The van der Waals surface area contributed by atoms with Crippen molar-refractivity contribution in [2.24, 2.45) is 0 Å². The molecule has 2 aromatic carbocycles. The van der Waals surface area contributed by atoms with E-state index in [1.807, 2.05) is 12.1 Å². The molecule has 0 spiro atoms. The molecule has 1 fully saturated rings. The third-order valence-corrected chi connectivity index (χ3v) is 6.23. The van der Waals surface area contributed by atoms with Crippen molar-refractivity contribution in [1.82, 2.24) is 19.8 Å². The van der Waals surface area contributed by atoms with Gasteiger partial charge in [0.05, 0.1) is 10.5 Å². The first-order chi connectivity index (χ1) is 14.3. The van der Waals surface area contributed by atoms with Crippen LogP contribution in [0.5, 0.6) is 0 Å². The molecule has 0 radical (unpaired) electrons. The van der Waals surface area contributed by atoms with Crippen molar-refractivity contribution < 1.29 is 4.39 Å². The number of rotatable bonds is 4. The average Bonchev–Trinajstić information content (AvgIpc) is 2.71. The normalized spacial score (nSPS) is 16.2. The van der Waals surface area contributed by atoms with Crippen LogP contribution in [0.2, 0.25) is 5.02 Å². The zero-order valence-electron chi connectivity index (χ0n) is 17.4. The highest BCUT2D eigenvalue weighted by Crippen LogP contribution is 2.36. The van der Waals surface area contributed by atoms with E-state index in [-0.39, 0.29) is 10.6 Å². The number of halogens is 2. The van der Waals surface area contributed by atoms with E-state index >= 15 is 0 Å². The fourth-order valence-corrected chi connectivity index (χ4v) is 4.18. The average molecular weight is 429 g/mol. The maximum atomic E-state index is 13.5. The fraction of sp³-hybridized carbons (Fsp3) is 0.364. The Bertz CT molecular complexity index is 1080. The summed E-state index contributed by atoms with van der Waals surface area (Å²) in [4.78, 5) is 13.6. The topological polar surface area (TPSA) is 70.3 Å². The Balaban J connectivity index is 1.70. The first-order valence-electron chi connectivity index (χ1n) is 9.96. The minimum absolute atomic E-state index is 0.0501. The SMILES string of the molecule is CN1CCN(C(C)(C)c2cc3ncnc(Nc4ccc(F)c(Cl)c4)c3cc2N)CC1. The predicted octanol–water partition coefficient (Wildman–Crippen LogP) is 4.23. The summed E-state index contributed by atoms with van der Waals surface area (Å²) in [6, 6.07) is 8.42. The fourth-order valence-electron chi connectivity index (χ4n) is 4.00. The van der Waals surface area contributed by atoms with Gasteiger partial charge in [-0.2, -0.15) is 0 Å². The summed E-state index contributed by atoms with van der Waals surface area (Å²) in [5.74, 6) is 0.133. The first-order valence-corrected chi connectivity index (χ1v) is 10.3. The second-order valence-corrected chi connectivity index (χ2v) is 8.69. The van der Waals surface area contributed by atoms with Gasteiger partial charge in [-0.05, 0) is 56.8 Å². The van der Waals surface area contributed by atoms with E-state index in [9.17, 15) is 4.39 Å². The Morgan fingerprint density at radius 3 is 2.53 bits per heavy atom. The molecule has 4 rings (SSSR count). The Hall–Kier alpha value is -2.48. The van der Waals surface area contributed by atoms with E-state index in [1.165, 1.54) is 18.5 Å². The summed E-state index contributed by atoms with van der Waals surface area (Å²) in [5, 5.41) is 4.04. The largest absolute Gasteiger partial charge is 0.398 e. The highest BCUT2D eigenvalue weighted by Gasteiger charge is 2.32. The van der Waals surface area contributed by atoms with Gasteiger partial charge in [0.25, 0.3) is 0 Å². The molecule has 30 heavy (non-hydrogen) atoms. The quantitative estimate of drug-likeness (QED) is 0.606. The minimum atomic E-state index is -0.463. The lowest BCUT2D eigenvalue weighted by molar-refractivity contribution is 0.0611. The Labute approximate surface area is 180 Å². The monoisotopic (exact) mass is 428 g/mol. The van der Waals surface area contributed by atoms with Crippen LogP contribution < -0.4 is 11.1 Å². The van der Waals surface area contributed by atoms with E-state index in [2.05, 4.69) is 46.0 Å². The molecule has 0 bridgehead atoms. The maximum Gasteiger partial charge on any atom is 0.141 e. The van der Waals surface area contributed by atoms with Gasteiger partial charge in [0.2, 0.25) is 0 Å². The lowest BCUT2D eigenvalue weighted by Crippen LogP contribution is -2.52. The van der Waals surface area contributed by atoms with Crippen LogP contribution in [0.25, 0.3) is 10.9 Å².